The summed E-state index contributed by atoms with van der Waals surface area (Å²) in [6.45, 7) is 2.02. The predicted molar refractivity (Wildman–Crippen MR) is 99.6 cm³/mol. The Kier molecular flexibility index (Phi) is 4.95. The van der Waals surface area contributed by atoms with E-state index < -0.39 is 0 Å². The number of aryl methyl sites for hydroxylation is 1. The number of anilines is 3. The summed E-state index contributed by atoms with van der Waals surface area (Å²) in [5.74, 6) is 0.364. The number of nitrogens with zero attached hydrogens (tertiary/aromatic N) is 1. The van der Waals surface area contributed by atoms with Gasteiger partial charge in [0.15, 0.2) is 0 Å². The van der Waals surface area contributed by atoms with Crippen molar-refractivity contribution in [1.82, 2.24) is 4.98 Å². The molecule has 5 heteroatoms. The lowest BCUT2D eigenvalue weighted by atomic mass is 10.2. The maximum absolute atomic E-state index is 12.5. The van der Waals surface area contributed by atoms with E-state index in [2.05, 4.69) is 15.6 Å². The zero-order chi connectivity index (χ0) is 17.6. The highest BCUT2D eigenvalue weighted by atomic mass is 16.5. The Hall–Kier alpha value is -3.34. The summed E-state index contributed by atoms with van der Waals surface area (Å²) < 4.78 is 5.26. The molecule has 0 radical (unpaired) electrons. The van der Waals surface area contributed by atoms with Crippen molar-refractivity contribution in [2.45, 2.75) is 6.92 Å². The van der Waals surface area contributed by atoms with Gasteiger partial charge in [0, 0.05) is 11.9 Å². The summed E-state index contributed by atoms with van der Waals surface area (Å²) in [6.07, 6.45) is 3.22. The molecule has 0 fully saturated rings. The summed E-state index contributed by atoms with van der Waals surface area (Å²) in [5, 5.41) is 6.14. The van der Waals surface area contributed by atoms with Gasteiger partial charge in [-0.05, 0) is 36.8 Å². The third kappa shape index (κ3) is 3.95. The number of nitrogens with one attached hydrogen (secondary N) is 2. The van der Waals surface area contributed by atoms with Crippen molar-refractivity contribution in [3.63, 3.8) is 0 Å². The first-order valence-corrected chi connectivity index (χ1v) is 7.89. The highest BCUT2D eigenvalue weighted by Crippen LogP contribution is 2.24. The van der Waals surface area contributed by atoms with E-state index in [4.69, 9.17) is 4.74 Å². The molecule has 3 rings (SSSR count). The SMILES string of the molecule is COc1ccccc1NC(=O)c1cncc(Nc2ccccc2C)c1. The quantitative estimate of drug-likeness (QED) is 0.727. The molecule has 0 atom stereocenters. The molecule has 25 heavy (non-hydrogen) atoms. The molecule has 0 unspecified atom stereocenters. The first kappa shape index (κ1) is 16.5. The van der Waals surface area contributed by atoms with Crippen LogP contribution in [0.2, 0.25) is 0 Å². The van der Waals surface area contributed by atoms with Crippen LogP contribution in [0.15, 0.2) is 67.0 Å². The van der Waals surface area contributed by atoms with Crippen molar-refractivity contribution in [2.75, 3.05) is 17.7 Å². The first-order valence-electron chi connectivity index (χ1n) is 7.89. The van der Waals surface area contributed by atoms with E-state index in [-0.39, 0.29) is 5.91 Å². The van der Waals surface area contributed by atoms with Gasteiger partial charge >= 0.3 is 0 Å². The third-order valence-electron chi connectivity index (χ3n) is 3.78. The fourth-order valence-electron chi connectivity index (χ4n) is 2.44. The topological polar surface area (TPSA) is 63.2 Å². The largest absolute Gasteiger partial charge is 0.495 e. The van der Waals surface area contributed by atoms with Gasteiger partial charge in [0.2, 0.25) is 0 Å². The van der Waals surface area contributed by atoms with Gasteiger partial charge in [-0.3, -0.25) is 9.78 Å². The van der Waals surface area contributed by atoms with Gasteiger partial charge in [0.1, 0.15) is 5.75 Å². The van der Waals surface area contributed by atoms with E-state index in [9.17, 15) is 4.79 Å². The van der Waals surface area contributed by atoms with Crippen molar-refractivity contribution in [3.05, 3.63) is 78.1 Å². The van der Waals surface area contributed by atoms with Crippen LogP contribution < -0.4 is 15.4 Å². The van der Waals surface area contributed by atoms with E-state index >= 15 is 0 Å². The second-order valence-electron chi connectivity index (χ2n) is 5.56. The minimum absolute atomic E-state index is 0.245. The van der Waals surface area contributed by atoms with Crippen LogP contribution >= 0.6 is 0 Å². The second kappa shape index (κ2) is 7.49. The fourth-order valence-corrected chi connectivity index (χ4v) is 2.44. The molecule has 1 amide bonds. The predicted octanol–water partition coefficient (Wildman–Crippen LogP) is 4.39. The molecule has 126 valence electrons. The van der Waals surface area contributed by atoms with Crippen molar-refractivity contribution >= 4 is 23.0 Å². The lowest BCUT2D eigenvalue weighted by molar-refractivity contribution is 0.102. The Balaban J connectivity index is 1.79. The third-order valence-corrected chi connectivity index (χ3v) is 3.78. The van der Waals surface area contributed by atoms with Gasteiger partial charge in [-0.1, -0.05) is 30.3 Å². The number of ether oxygens (including phenoxy) is 1. The van der Waals surface area contributed by atoms with Gasteiger partial charge in [-0.2, -0.15) is 0 Å². The van der Waals surface area contributed by atoms with Crippen LogP contribution in [0.3, 0.4) is 0 Å². The number of methoxy groups -OCH3 is 1. The highest BCUT2D eigenvalue weighted by Gasteiger charge is 2.10. The standard InChI is InChI=1S/C20H19N3O2/c1-14-7-3-4-8-17(14)22-16-11-15(12-21-13-16)20(24)23-18-9-5-6-10-19(18)25-2/h3-13,22H,1-2H3,(H,23,24). The lowest BCUT2D eigenvalue weighted by Gasteiger charge is -2.12. The number of rotatable bonds is 5. The summed E-state index contributed by atoms with van der Waals surface area (Å²) in [4.78, 5) is 16.7. The van der Waals surface area contributed by atoms with Gasteiger partial charge in [0.05, 0.1) is 30.2 Å². The summed E-state index contributed by atoms with van der Waals surface area (Å²) in [6, 6.07) is 17.0. The van der Waals surface area contributed by atoms with Crippen molar-refractivity contribution in [2.24, 2.45) is 0 Å². The zero-order valence-electron chi connectivity index (χ0n) is 14.1. The van der Waals surface area contributed by atoms with Crippen LogP contribution in [0.5, 0.6) is 5.75 Å². The number of carbonyl (C=O) groups is 1. The van der Waals surface area contributed by atoms with E-state index in [1.165, 1.54) is 6.20 Å². The molecule has 0 bridgehead atoms. The molecule has 5 nitrogen and oxygen atoms in total. The number of hydrogen-bond donors (Lipinski definition) is 2. The minimum Gasteiger partial charge on any atom is -0.495 e. The molecular weight excluding hydrogens is 314 g/mol. The molecule has 0 spiro atoms. The van der Waals surface area contributed by atoms with E-state index in [0.29, 0.717) is 17.0 Å². The number of para-hydroxylation sites is 3. The van der Waals surface area contributed by atoms with Crippen LogP contribution in [0.4, 0.5) is 17.1 Å². The number of amides is 1. The van der Waals surface area contributed by atoms with Gasteiger partial charge in [0.25, 0.3) is 5.91 Å². The molecule has 2 N–H and O–H groups in total. The molecule has 0 saturated carbocycles. The highest BCUT2D eigenvalue weighted by molar-refractivity contribution is 6.05. The van der Waals surface area contributed by atoms with Gasteiger partial charge in [-0.25, -0.2) is 0 Å². The van der Waals surface area contributed by atoms with E-state index in [1.54, 1.807) is 31.5 Å². The summed E-state index contributed by atoms with van der Waals surface area (Å²) >= 11 is 0. The average Bonchev–Trinajstić information content (AvgIpc) is 2.64. The number of aromatic nitrogens is 1. The molecule has 0 saturated heterocycles. The van der Waals surface area contributed by atoms with E-state index in [0.717, 1.165) is 16.9 Å². The first-order chi connectivity index (χ1) is 12.2. The normalized spacial score (nSPS) is 10.2. The second-order valence-corrected chi connectivity index (χ2v) is 5.56. The molecule has 0 aliphatic carbocycles. The molecular formula is C20H19N3O2. The Morgan fingerprint density at radius 1 is 1.00 bits per heavy atom. The molecule has 1 aromatic heterocycles. The zero-order valence-corrected chi connectivity index (χ0v) is 14.1. The van der Waals surface area contributed by atoms with Crippen molar-refractivity contribution in [1.29, 1.82) is 0 Å². The molecule has 0 aliphatic rings. The Morgan fingerprint density at radius 3 is 2.48 bits per heavy atom. The molecule has 1 heterocycles. The molecule has 3 aromatic rings. The Morgan fingerprint density at radius 2 is 1.72 bits per heavy atom. The smallest absolute Gasteiger partial charge is 0.257 e. The van der Waals surface area contributed by atoms with Crippen LogP contribution in [0.1, 0.15) is 15.9 Å². The molecule has 2 aromatic carbocycles. The Labute approximate surface area is 146 Å². The Bertz CT molecular complexity index is 893. The van der Waals surface area contributed by atoms with Gasteiger partial charge < -0.3 is 15.4 Å². The van der Waals surface area contributed by atoms with Crippen LogP contribution in [-0.2, 0) is 0 Å². The van der Waals surface area contributed by atoms with Crippen LogP contribution in [0.25, 0.3) is 0 Å². The fraction of sp³-hybridized carbons (Fsp3) is 0.100. The summed E-state index contributed by atoms with van der Waals surface area (Å²) in [5.41, 5.74) is 3.93. The summed E-state index contributed by atoms with van der Waals surface area (Å²) in [7, 11) is 1.57. The monoisotopic (exact) mass is 333 g/mol. The average molecular weight is 333 g/mol. The molecule has 0 aliphatic heterocycles. The number of benzene rings is 2. The minimum atomic E-state index is -0.245. The number of hydrogen-bond acceptors (Lipinski definition) is 4. The number of carbonyl (C=O) groups excluding carboxylic acids is 1. The van der Waals surface area contributed by atoms with Gasteiger partial charge in [-0.15, -0.1) is 0 Å². The lowest BCUT2D eigenvalue weighted by Crippen LogP contribution is -2.13. The van der Waals surface area contributed by atoms with Crippen LogP contribution in [0, 0.1) is 6.92 Å². The number of pyridine rings is 1. The van der Waals surface area contributed by atoms with Crippen molar-refractivity contribution < 1.29 is 9.53 Å². The maximum Gasteiger partial charge on any atom is 0.257 e. The van der Waals surface area contributed by atoms with Crippen molar-refractivity contribution in [3.8, 4) is 5.75 Å². The maximum atomic E-state index is 12.5. The van der Waals surface area contributed by atoms with Crippen LogP contribution in [-0.4, -0.2) is 18.0 Å². The van der Waals surface area contributed by atoms with E-state index in [1.807, 2.05) is 43.3 Å².